The lowest BCUT2D eigenvalue weighted by Gasteiger charge is -2.45. The van der Waals surface area contributed by atoms with Gasteiger partial charge in [0, 0.05) is 49.4 Å². The number of carbonyl (C=O) groups excluding carboxylic acids is 2. The Labute approximate surface area is 182 Å². The Morgan fingerprint density at radius 2 is 1.93 bits per heavy atom. The number of piperidine rings is 1. The first-order chi connectivity index (χ1) is 14.4. The number of aryl methyl sites for hydroxylation is 1. The monoisotopic (exact) mass is 429 g/mol. The third kappa shape index (κ3) is 4.23. The van der Waals surface area contributed by atoms with Gasteiger partial charge in [0.05, 0.1) is 0 Å². The Hall–Kier alpha value is -2.38. The molecule has 2 aromatic rings. The van der Waals surface area contributed by atoms with Gasteiger partial charge >= 0.3 is 6.03 Å². The molecule has 2 aliphatic heterocycles. The number of amides is 2. The van der Waals surface area contributed by atoms with E-state index < -0.39 is 0 Å². The van der Waals surface area contributed by atoms with E-state index >= 15 is 0 Å². The van der Waals surface area contributed by atoms with Crippen molar-refractivity contribution in [2.75, 3.05) is 25.0 Å². The Bertz CT molecular complexity index is 949. The van der Waals surface area contributed by atoms with Gasteiger partial charge in [-0.3, -0.25) is 9.69 Å². The second kappa shape index (κ2) is 8.40. The normalized spacial score (nSPS) is 18.7. The van der Waals surface area contributed by atoms with Crippen molar-refractivity contribution in [1.29, 1.82) is 0 Å². The van der Waals surface area contributed by atoms with Crippen LogP contribution in [0.25, 0.3) is 0 Å². The quantitative estimate of drug-likeness (QED) is 0.803. The highest BCUT2D eigenvalue weighted by Gasteiger charge is 2.43. The minimum atomic E-state index is -0.204. The fourth-order valence-corrected chi connectivity index (χ4v) is 4.89. The summed E-state index contributed by atoms with van der Waals surface area (Å²) in [6.45, 7) is 6.90. The fourth-order valence-electron chi connectivity index (χ4n) is 4.77. The van der Waals surface area contributed by atoms with Crippen LogP contribution in [0.15, 0.2) is 30.5 Å². The van der Waals surface area contributed by atoms with Crippen LogP contribution < -0.4 is 5.32 Å². The lowest BCUT2D eigenvalue weighted by Crippen LogP contribution is -2.53. The topological polar surface area (TPSA) is 70.5 Å². The number of anilines is 1. The maximum Gasteiger partial charge on any atom is 0.344 e. The fraction of sp³-hybridized carbons (Fsp3) is 0.500. The second-order valence-electron chi connectivity index (χ2n) is 8.43. The van der Waals surface area contributed by atoms with Crippen LogP contribution in [0.5, 0.6) is 0 Å². The molecule has 2 fully saturated rings. The van der Waals surface area contributed by atoms with Gasteiger partial charge in [0.2, 0.25) is 5.91 Å². The number of nitrogens with zero attached hydrogens (tertiary/aromatic N) is 4. The number of benzene rings is 1. The zero-order valence-electron chi connectivity index (χ0n) is 17.5. The van der Waals surface area contributed by atoms with Crippen molar-refractivity contribution in [3.05, 3.63) is 46.6 Å². The molecule has 4 rings (SSSR count). The Kier molecular flexibility index (Phi) is 5.84. The summed E-state index contributed by atoms with van der Waals surface area (Å²) in [5.41, 5.74) is 2.56. The third-order valence-electron chi connectivity index (χ3n) is 6.39. The molecule has 3 heterocycles. The Morgan fingerprint density at radius 3 is 2.63 bits per heavy atom. The molecular weight excluding hydrogens is 402 g/mol. The van der Waals surface area contributed by atoms with Gasteiger partial charge in [-0.15, -0.1) is 5.10 Å². The maximum atomic E-state index is 12.8. The van der Waals surface area contributed by atoms with Gasteiger partial charge in [-0.1, -0.05) is 23.7 Å². The molecule has 0 radical (unpaired) electrons. The van der Waals surface area contributed by atoms with Crippen LogP contribution in [0.4, 0.5) is 10.6 Å². The molecule has 0 atom stereocenters. The van der Waals surface area contributed by atoms with E-state index in [1.54, 1.807) is 12.3 Å². The van der Waals surface area contributed by atoms with E-state index in [-0.39, 0.29) is 17.5 Å². The molecular formula is C22H28ClN5O2. The maximum absolute atomic E-state index is 12.8. The average molecular weight is 430 g/mol. The van der Waals surface area contributed by atoms with Gasteiger partial charge in [-0.25, -0.2) is 4.79 Å². The molecule has 2 amide bonds. The van der Waals surface area contributed by atoms with Gasteiger partial charge in [-0.05, 0) is 56.3 Å². The molecule has 0 aliphatic carbocycles. The summed E-state index contributed by atoms with van der Waals surface area (Å²) < 4.78 is 1.31. The zero-order valence-corrected chi connectivity index (χ0v) is 18.3. The van der Waals surface area contributed by atoms with Crippen LogP contribution in [0.3, 0.4) is 0 Å². The van der Waals surface area contributed by atoms with Crippen LogP contribution in [-0.4, -0.2) is 56.7 Å². The van der Waals surface area contributed by atoms with Crippen molar-refractivity contribution < 1.29 is 9.59 Å². The molecule has 7 nitrogen and oxygen atoms in total. The van der Waals surface area contributed by atoms with E-state index in [0.717, 1.165) is 36.5 Å². The summed E-state index contributed by atoms with van der Waals surface area (Å²) in [6, 6.07) is 7.77. The number of hydrogen-bond donors (Lipinski definition) is 1. The molecule has 2 aliphatic rings. The molecule has 1 spiro atoms. The lowest BCUT2D eigenvalue weighted by molar-refractivity contribution is -0.114. The molecule has 2 saturated heterocycles. The van der Waals surface area contributed by atoms with Crippen molar-refractivity contribution in [2.45, 2.75) is 51.6 Å². The van der Waals surface area contributed by atoms with Crippen LogP contribution in [-0.2, 0) is 11.3 Å². The minimum absolute atomic E-state index is 0.140. The Balaban J connectivity index is 1.39. The number of nitrogens with one attached hydrogen (secondary N) is 1. The standard InChI is InChI=1S/C22H28ClN5O2/c1-16-14-18(4-5-19(16)23)15-27-10-3-7-22(27)8-12-26(13-9-22)21(30)28-11-6-20(25-28)24-17(2)29/h4-6,11,14H,3,7-10,12-13,15H2,1-2H3,(H,24,25,29). The minimum Gasteiger partial charge on any atom is -0.323 e. The summed E-state index contributed by atoms with van der Waals surface area (Å²) in [7, 11) is 0. The van der Waals surface area contributed by atoms with Gasteiger partial charge in [-0.2, -0.15) is 4.68 Å². The largest absolute Gasteiger partial charge is 0.344 e. The third-order valence-corrected chi connectivity index (χ3v) is 6.81. The second-order valence-corrected chi connectivity index (χ2v) is 8.84. The summed E-state index contributed by atoms with van der Waals surface area (Å²) >= 11 is 6.18. The van der Waals surface area contributed by atoms with Crippen LogP contribution in [0.2, 0.25) is 5.02 Å². The number of carbonyl (C=O) groups is 2. The first-order valence-corrected chi connectivity index (χ1v) is 10.9. The van der Waals surface area contributed by atoms with Gasteiger partial charge in [0.1, 0.15) is 0 Å². The van der Waals surface area contributed by atoms with Crippen molar-refractivity contribution in [3.8, 4) is 0 Å². The molecule has 0 unspecified atom stereocenters. The van der Waals surface area contributed by atoms with Crippen LogP contribution in [0, 0.1) is 6.92 Å². The Morgan fingerprint density at radius 1 is 1.17 bits per heavy atom. The highest BCUT2D eigenvalue weighted by Crippen LogP contribution is 2.39. The SMILES string of the molecule is CC(=O)Nc1ccn(C(=O)N2CCC3(CCCN3Cc3ccc(Cl)c(C)c3)CC2)n1. The predicted molar refractivity (Wildman–Crippen MR) is 117 cm³/mol. The van der Waals surface area contributed by atoms with Crippen LogP contribution >= 0.6 is 11.6 Å². The molecule has 1 N–H and O–H groups in total. The summed E-state index contributed by atoms with van der Waals surface area (Å²) in [6.07, 6.45) is 5.90. The number of hydrogen-bond acceptors (Lipinski definition) is 4. The average Bonchev–Trinajstić information content (AvgIpc) is 3.32. The number of aromatic nitrogens is 2. The van der Waals surface area contributed by atoms with E-state index in [4.69, 9.17) is 11.6 Å². The lowest BCUT2D eigenvalue weighted by atomic mass is 9.84. The van der Waals surface area contributed by atoms with Gasteiger partial charge in [0.15, 0.2) is 5.82 Å². The molecule has 1 aromatic carbocycles. The van der Waals surface area contributed by atoms with E-state index in [1.165, 1.54) is 30.0 Å². The summed E-state index contributed by atoms with van der Waals surface area (Å²) in [5, 5.41) is 7.58. The summed E-state index contributed by atoms with van der Waals surface area (Å²) in [5.74, 6) is 0.189. The first kappa shape index (κ1) is 20.9. The number of likely N-dealkylation sites (tertiary alicyclic amines) is 2. The zero-order chi connectivity index (χ0) is 21.3. The van der Waals surface area contributed by atoms with Crippen molar-refractivity contribution >= 4 is 29.4 Å². The predicted octanol–water partition coefficient (Wildman–Crippen LogP) is 3.90. The smallest absolute Gasteiger partial charge is 0.323 e. The van der Waals surface area contributed by atoms with Crippen molar-refractivity contribution in [1.82, 2.24) is 19.6 Å². The first-order valence-electron chi connectivity index (χ1n) is 10.5. The summed E-state index contributed by atoms with van der Waals surface area (Å²) in [4.78, 5) is 28.5. The van der Waals surface area contributed by atoms with E-state index in [1.807, 2.05) is 17.9 Å². The molecule has 8 heteroatoms. The van der Waals surface area contributed by atoms with Crippen molar-refractivity contribution in [2.24, 2.45) is 0 Å². The highest BCUT2D eigenvalue weighted by molar-refractivity contribution is 6.31. The van der Waals surface area contributed by atoms with E-state index in [2.05, 4.69) is 27.4 Å². The number of halogens is 1. The molecule has 30 heavy (non-hydrogen) atoms. The van der Waals surface area contributed by atoms with E-state index in [0.29, 0.717) is 18.9 Å². The molecule has 0 saturated carbocycles. The molecule has 0 bridgehead atoms. The number of rotatable bonds is 3. The van der Waals surface area contributed by atoms with Gasteiger partial charge in [0.25, 0.3) is 0 Å². The molecule has 160 valence electrons. The van der Waals surface area contributed by atoms with Crippen molar-refractivity contribution in [3.63, 3.8) is 0 Å². The van der Waals surface area contributed by atoms with Gasteiger partial charge < -0.3 is 10.2 Å². The molecule has 1 aromatic heterocycles. The highest BCUT2D eigenvalue weighted by atomic mass is 35.5. The van der Waals surface area contributed by atoms with E-state index in [9.17, 15) is 9.59 Å². The van der Waals surface area contributed by atoms with Crippen LogP contribution in [0.1, 0.15) is 43.7 Å².